The summed E-state index contributed by atoms with van der Waals surface area (Å²) in [5.41, 5.74) is -0.740. The highest BCUT2D eigenvalue weighted by Gasteiger charge is 2.42. The fourth-order valence-corrected chi connectivity index (χ4v) is 3.20. The highest BCUT2D eigenvalue weighted by Crippen LogP contribution is 2.37. The third-order valence-electron chi connectivity index (χ3n) is 3.38. The van der Waals surface area contributed by atoms with Crippen LogP contribution in [-0.2, 0) is 11.0 Å². The molecule has 1 unspecified atom stereocenters. The van der Waals surface area contributed by atoms with E-state index < -0.39 is 28.3 Å². The Hall–Kier alpha value is -2.48. The van der Waals surface area contributed by atoms with Crippen molar-refractivity contribution in [3.05, 3.63) is 60.2 Å². The van der Waals surface area contributed by atoms with Crippen LogP contribution < -0.4 is 10.2 Å². The van der Waals surface area contributed by atoms with Crippen LogP contribution in [0, 0.1) is 0 Å². The van der Waals surface area contributed by atoms with E-state index in [1.807, 2.05) is 0 Å². The summed E-state index contributed by atoms with van der Waals surface area (Å²) < 4.78 is 39.1. The average molecular weight is 352 g/mol. The van der Waals surface area contributed by atoms with Crippen LogP contribution in [0.3, 0.4) is 0 Å². The number of amides is 2. The number of imide groups is 1. The highest BCUT2D eigenvalue weighted by molar-refractivity contribution is 8.16. The summed E-state index contributed by atoms with van der Waals surface area (Å²) >= 11 is 0.650. The van der Waals surface area contributed by atoms with E-state index in [4.69, 9.17) is 0 Å². The minimum absolute atomic E-state index is 0.237. The van der Waals surface area contributed by atoms with Crippen LogP contribution in [-0.4, -0.2) is 16.5 Å². The number of thioether (sulfide) groups is 1. The number of carbonyl (C=O) groups excluding carboxylic acids is 2. The van der Waals surface area contributed by atoms with Gasteiger partial charge in [0.25, 0.3) is 11.1 Å². The summed E-state index contributed by atoms with van der Waals surface area (Å²) in [6, 6.07) is 13.1. The molecule has 24 heavy (non-hydrogen) atoms. The summed E-state index contributed by atoms with van der Waals surface area (Å²) in [7, 11) is 0. The van der Waals surface area contributed by atoms with E-state index in [1.165, 1.54) is 18.2 Å². The number of rotatable bonds is 3. The Balaban J connectivity index is 1.86. The molecular formula is C16H11F3N2O2S. The molecule has 0 spiro atoms. The SMILES string of the molecule is O=C1SC(Nc2ccccc2C(F)(F)F)C(=O)N1c1ccccc1. The van der Waals surface area contributed by atoms with Gasteiger partial charge in [-0.1, -0.05) is 30.3 Å². The lowest BCUT2D eigenvalue weighted by Gasteiger charge is -2.17. The fraction of sp³-hybridized carbons (Fsp3) is 0.125. The van der Waals surface area contributed by atoms with E-state index in [2.05, 4.69) is 5.32 Å². The van der Waals surface area contributed by atoms with Crippen LogP contribution in [0.15, 0.2) is 54.6 Å². The van der Waals surface area contributed by atoms with Gasteiger partial charge in [-0.15, -0.1) is 0 Å². The lowest BCUT2D eigenvalue weighted by molar-refractivity contribution is -0.137. The van der Waals surface area contributed by atoms with Gasteiger partial charge in [-0.05, 0) is 36.0 Å². The first-order valence-corrected chi connectivity index (χ1v) is 7.78. The van der Waals surface area contributed by atoms with Gasteiger partial charge in [0, 0.05) is 5.69 Å². The molecular weight excluding hydrogens is 341 g/mol. The van der Waals surface area contributed by atoms with Gasteiger partial charge in [0.15, 0.2) is 5.37 Å². The van der Waals surface area contributed by atoms with E-state index in [9.17, 15) is 22.8 Å². The summed E-state index contributed by atoms with van der Waals surface area (Å²) in [5, 5.41) is 0.883. The first-order valence-electron chi connectivity index (χ1n) is 6.90. The maximum absolute atomic E-state index is 13.0. The van der Waals surface area contributed by atoms with Gasteiger partial charge in [0.2, 0.25) is 0 Å². The normalized spacial score (nSPS) is 18.1. The van der Waals surface area contributed by atoms with Crippen molar-refractivity contribution in [2.24, 2.45) is 0 Å². The Morgan fingerprint density at radius 1 is 0.958 bits per heavy atom. The molecule has 0 aromatic heterocycles. The molecule has 1 aliphatic rings. The largest absolute Gasteiger partial charge is 0.418 e. The molecule has 1 saturated heterocycles. The van der Waals surface area contributed by atoms with Crippen molar-refractivity contribution in [1.29, 1.82) is 0 Å². The van der Waals surface area contributed by atoms with Crippen molar-refractivity contribution in [3.63, 3.8) is 0 Å². The fourth-order valence-electron chi connectivity index (χ4n) is 2.31. The summed E-state index contributed by atoms with van der Waals surface area (Å²) in [5.74, 6) is -0.604. The number of halogens is 3. The monoisotopic (exact) mass is 352 g/mol. The van der Waals surface area contributed by atoms with Crippen LogP contribution in [0.4, 0.5) is 29.3 Å². The van der Waals surface area contributed by atoms with Crippen LogP contribution >= 0.6 is 11.8 Å². The van der Waals surface area contributed by atoms with Gasteiger partial charge in [-0.2, -0.15) is 13.2 Å². The number of nitrogens with one attached hydrogen (secondary N) is 1. The Morgan fingerprint density at radius 2 is 1.58 bits per heavy atom. The molecule has 2 amide bonds. The Kier molecular flexibility index (Phi) is 4.23. The lowest BCUT2D eigenvalue weighted by Crippen LogP contribution is -2.34. The van der Waals surface area contributed by atoms with Gasteiger partial charge in [0.05, 0.1) is 11.3 Å². The molecule has 1 fully saturated rings. The van der Waals surface area contributed by atoms with Crippen molar-refractivity contribution < 1.29 is 22.8 Å². The maximum atomic E-state index is 13.0. The molecule has 1 N–H and O–H groups in total. The van der Waals surface area contributed by atoms with Gasteiger partial charge in [-0.25, -0.2) is 4.90 Å². The standard InChI is InChI=1S/C16H11F3N2O2S/c17-16(18,19)11-8-4-5-9-12(11)20-13-14(22)21(15(23)24-13)10-6-2-1-3-7-10/h1-9,13,20H. The van der Waals surface area contributed by atoms with Gasteiger partial charge in [0.1, 0.15) is 0 Å². The topological polar surface area (TPSA) is 49.4 Å². The molecule has 2 aromatic rings. The molecule has 1 aliphatic heterocycles. The van der Waals surface area contributed by atoms with Crippen molar-refractivity contribution in [2.45, 2.75) is 11.6 Å². The van der Waals surface area contributed by atoms with Crippen LogP contribution in [0.2, 0.25) is 0 Å². The molecule has 2 aromatic carbocycles. The maximum Gasteiger partial charge on any atom is 0.418 e. The Labute approximate surface area is 139 Å². The van der Waals surface area contributed by atoms with Crippen molar-refractivity contribution in [1.82, 2.24) is 0 Å². The first-order chi connectivity index (χ1) is 11.4. The summed E-state index contributed by atoms with van der Waals surface area (Å²) in [4.78, 5) is 25.5. The number of benzene rings is 2. The molecule has 1 heterocycles. The van der Waals surface area contributed by atoms with E-state index in [1.54, 1.807) is 30.3 Å². The number of para-hydroxylation sites is 2. The molecule has 0 aliphatic carbocycles. The van der Waals surface area contributed by atoms with Crippen molar-refractivity contribution >= 4 is 34.3 Å². The molecule has 0 saturated carbocycles. The van der Waals surface area contributed by atoms with Crippen LogP contribution in [0.25, 0.3) is 0 Å². The van der Waals surface area contributed by atoms with Crippen molar-refractivity contribution in [3.8, 4) is 0 Å². The van der Waals surface area contributed by atoms with Gasteiger partial charge in [-0.3, -0.25) is 9.59 Å². The van der Waals surface area contributed by atoms with Gasteiger partial charge < -0.3 is 5.32 Å². The minimum Gasteiger partial charge on any atom is -0.365 e. The third-order valence-corrected chi connectivity index (χ3v) is 4.32. The predicted molar refractivity (Wildman–Crippen MR) is 85.8 cm³/mol. The van der Waals surface area contributed by atoms with Gasteiger partial charge >= 0.3 is 6.18 Å². The summed E-state index contributed by atoms with van der Waals surface area (Å²) in [6.45, 7) is 0. The van der Waals surface area contributed by atoms with E-state index in [0.29, 0.717) is 17.4 Å². The quantitative estimate of drug-likeness (QED) is 0.893. The summed E-state index contributed by atoms with van der Waals surface area (Å²) in [6.07, 6.45) is -4.56. The Morgan fingerprint density at radius 3 is 2.25 bits per heavy atom. The number of nitrogens with zero attached hydrogens (tertiary/aromatic N) is 1. The van der Waals surface area contributed by atoms with Crippen molar-refractivity contribution in [2.75, 3.05) is 10.2 Å². The zero-order valence-corrected chi connectivity index (χ0v) is 12.9. The zero-order valence-electron chi connectivity index (χ0n) is 12.1. The number of carbonyl (C=O) groups is 2. The number of anilines is 2. The number of hydrogen-bond acceptors (Lipinski definition) is 4. The predicted octanol–water partition coefficient (Wildman–Crippen LogP) is 4.34. The Bertz CT molecular complexity index is 780. The molecule has 3 rings (SSSR count). The molecule has 124 valence electrons. The molecule has 8 heteroatoms. The number of hydrogen-bond donors (Lipinski definition) is 1. The zero-order chi connectivity index (χ0) is 17.3. The third kappa shape index (κ3) is 3.09. The lowest BCUT2D eigenvalue weighted by atomic mass is 10.1. The average Bonchev–Trinajstić information content (AvgIpc) is 2.82. The van der Waals surface area contributed by atoms with E-state index >= 15 is 0 Å². The highest BCUT2D eigenvalue weighted by atomic mass is 32.2. The molecule has 4 nitrogen and oxygen atoms in total. The number of alkyl halides is 3. The molecule has 1 atom stereocenters. The smallest absolute Gasteiger partial charge is 0.365 e. The van der Waals surface area contributed by atoms with Crippen LogP contribution in [0.1, 0.15) is 5.56 Å². The second-order valence-corrected chi connectivity index (χ2v) is 6.02. The van der Waals surface area contributed by atoms with Crippen LogP contribution in [0.5, 0.6) is 0 Å². The van der Waals surface area contributed by atoms with E-state index in [0.717, 1.165) is 11.0 Å². The second kappa shape index (κ2) is 6.20. The second-order valence-electron chi connectivity index (χ2n) is 4.96. The molecule has 0 bridgehead atoms. The van der Waals surface area contributed by atoms with E-state index in [-0.39, 0.29) is 5.69 Å². The minimum atomic E-state index is -4.56. The molecule has 0 radical (unpaired) electrons. The first kappa shape index (κ1) is 16.4.